The van der Waals surface area contributed by atoms with Crippen molar-refractivity contribution in [3.05, 3.63) is 11.7 Å². The van der Waals surface area contributed by atoms with Crippen LogP contribution in [0.2, 0.25) is 0 Å². The molecule has 3 atom stereocenters. The summed E-state index contributed by atoms with van der Waals surface area (Å²) in [6.45, 7) is 6.58. The molecule has 0 radical (unpaired) electrons. The van der Waals surface area contributed by atoms with Gasteiger partial charge in [0.05, 0.1) is 6.04 Å². The molecule has 2 unspecified atom stereocenters. The number of nitrogens with two attached hydrogens (primary N) is 1. The first-order valence-corrected chi connectivity index (χ1v) is 6.65. The number of hydrogen-bond donors (Lipinski definition) is 1. The minimum absolute atomic E-state index is 0.116. The van der Waals surface area contributed by atoms with Gasteiger partial charge in [0.1, 0.15) is 0 Å². The molecule has 0 aliphatic heterocycles. The van der Waals surface area contributed by atoms with Crippen molar-refractivity contribution in [2.75, 3.05) is 0 Å². The van der Waals surface area contributed by atoms with Crippen molar-refractivity contribution in [2.45, 2.75) is 58.4 Å². The van der Waals surface area contributed by atoms with Gasteiger partial charge < -0.3 is 10.3 Å². The average Bonchev–Trinajstić information content (AvgIpc) is 2.84. The van der Waals surface area contributed by atoms with E-state index in [1.165, 1.54) is 19.3 Å². The van der Waals surface area contributed by atoms with E-state index < -0.39 is 0 Å². The molecule has 1 fully saturated rings. The lowest BCUT2D eigenvalue weighted by Gasteiger charge is -2.08. The Balaban J connectivity index is 2.00. The Morgan fingerprint density at radius 3 is 2.76 bits per heavy atom. The lowest BCUT2D eigenvalue weighted by molar-refractivity contribution is 0.330. The van der Waals surface area contributed by atoms with Crippen LogP contribution in [0, 0.1) is 11.8 Å². The highest BCUT2D eigenvalue weighted by molar-refractivity contribution is 5.01. The van der Waals surface area contributed by atoms with Gasteiger partial charge in [0, 0.05) is 5.92 Å². The Labute approximate surface area is 103 Å². The molecule has 1 saturated carbocycles. The summed E-state index contributed by atoms with van der Waals surface area (Å²) in [4.78, 5) is 4.48. The van der Waals surface area contributed by atoms with Gasteiger partial charge in [-0.25, -0.2) is 0 Å². The molecular formula is C13H23N3O. The summed E-state index contributed by atoms with van der Waals surface area (Å²) in [5, 5.41) is 4.09. The predicted molar refractivity (Wildman–Crippen MR) is 66.4 cm³/mol. The molecular weight excluding hydrogens is 214 g/mol. The molecule has 1 aromatic heterocycles. The van der Waals surface area contributed by atoms with E-state index in [1.807, 2.05) is 0 Å². The van der Waals surface area contributed by atoms with Crippen LogP contribution in [0.3, 0.4) is 0 Å². The number of nitrogens with zero attached hydrogens (tertiary/aromatic N) is 2. The number of hydrogen-bond acceptors (Lipinski definition) is 4. The van der Waals surface area contributed by atoms with Crippen LogP contribution in [0.1, 0.15) is 70.1 Å². The molecule has 0 saturated heterocycles. The van der Waals surface area contributed by atoms with Crippen molar-refractivity contribution in [3.63, 3.8) is 0 Å². The zero-order chi connectivity index (χ0) is 12.4. The minimum Gasteiger partial charge on any atom is -0.338 e. The van der Waals surface area contributed by atoms with Crippen molar-refractivity contribution in [3.8, 4) is 0 Å². The van der Waals surface area contributed by atoms with Gasteiger partial charge in [0.2, 0.25) is 5.89 Å². The fourth-order valence-electron chi connectivity index (χ4n) is 2.61. The van der Waals surface area contributed by atoms with E-state index in [0.717, 1.165) is 18.2 Å². The molecule has 2 N–H and O–H groups in total. The quantitative estimate of drug-likeness (QED) is 0.874. The molecule has 96 valence electrons. The Morgan fingerprint density at radius 2 is 2.18 bits per heavy atom. The summed E-state index contributed by atoms with van der Waals surface area (Å²) in [7, 11) is 0. The predicted octanol–water partition coefficient (Wildman–Crippen LogP) is 3.02. The maximum absolute atomic E-state index is 6.04. The van der Waals surface area contributed by atoms with Gasteiger partial charge in [-0.15, -0.1) is 0 Å². The lowest BCUT2D eigenvalue weighted by Crippen LogP contribution is -2.13. The van der Waals surface area contributed by atoms with E-state index in [-0.39, 0.29) is 6.04 Å². The molecule has 0 aromatic carbocycles. The number of aromatic nitrogens is 2. The van der Waals surface area contributed by atoms with Gasteiger partial charge in [-0.1, -0.05) is 25.9 Å². The molecule has 0 spiro atoms. The third-order valence-electron chi connectivity index (χ3n) is 3.56. The second-order valence-corrected chi connectivity index (χ2v) is 5.84. The summed E-state index contributed by atoms with van der Waals surface area (Å²) in [5.74, 6) is 3.28. The van der Waals surface area contributed by atoms with Gasteiger partial charge >= 0.3 is 0 Å². The summed E-state index contributed by atoms with van der Waals surface area (Å²) in [6, 6.07) is -0.116. The van der Waals surface area contributed by atoms with Gasteiger partial charge in [-0.2, -0.15) is 4.98 Å². The molecule has 0 amide bonds. The SMILES string of the molecule is CC(C)C[C@H](N)c1nc(C2CCC(C)C2)no1. The average molecular weight is 237 g/mol. The molecule has 4 nitrogen and oxygen atoms in total. The van der Waals surface area contributed by atoms with Crippen molar-refractivity contribution >= 4 is 0 Å². The summed E-state index contributed by atoms with van der Waals surface area (Å²) < 4.78 is 5.29. The van der Waals surface area contributed by atoms with Gasteiger partial charge in [0.25, 0.3) is 0 Å². The van der Waals surface area contributed by atoms with Crippen LogP contribution in [0.5, 0.6) is 0 Å². The van der Waals surface area contributed by atoms with E-state index in [4.69, 9.17) is 10.3 Å². The fourth-order valence-corrected chi connectivity index (χ4v) is 2.61. The van der Waals surface area contributed by atoms with Crippen LogP contribution in [-0.2, 0) is 0 Å². The van der Waals surface area contributed by atoms with E-state index in [9.17, 15) is 0 Å². The molecule has 0 bridgehead atoms. The second kappa shape index (κ2) is 5.17. The van der Waals surface area contributed by atoms with Crippen molar-refractivity contribution in [1.29, 1.82) is 0 Å². The molecule has 1 aromatic rings. The highest BCUT2D eigenvalue weighted by Gasteiger charge is 2.27. The van der Waals surface area contributed by atoms with Crippen LogP contribution >= 0.6 is 0 Å². The van der Waals surface area contributed by atoms with Crippen molar-refractivity contribution in [1.82, 2.24) is 10.1 Å². The Kier molecular flexibility index (Phi) is 3.82. The van der Waals surface area contributed by atoms with E-state index in [0.29, 0.717) is 17.7 Å². The molecule has 1 aliphatic carbocycles. The van der Waals surface area contributed by atoms with Crippen molar-refractivity contribution < 1.29 is 4.52 Å². The maximum Gasteiger partial charge on any atom is 0.243 e. The maximum atomic E-state index is 6.04. The zero-order valence-corrected chi connectivity index (χ0v) is 11.0. The Bertz CT molecular complexity index is 361. The highest BCUT2D eigenvalue weighted by atomic mass is 16.5. The first-order valence-electron chi connectivity index (χ1n) is 6.65. The van der Waals surface area contributed by atoms with Crippen molar-refractivity contribution in [2.24, 2.45) is 17.6 Å². The van der Waals surface area contributed by atoms with Gasteiger partial charge in [-0.3, -0.25) is 0 Å². The fraction of sp³-hybridized carbons (Fsp3) is 0.846. The standard InChI is InChI=1S/C13H23N3O/c1-8(2)6-11(14)13-15-12(16-17-13)10-5-4-9(3)7-10/h8-11H,4-7,14H2,1-3H3/t9?,10?,11-/m0/s1. The molecule has 2 rings (SSSR count). The summed E-state index contributed by atoms with van der Waals surface area (Å²) in [6.07, 6.45) is 4.52. The summed E-state index contributed by atoms with van der Waals surface area (Å²) in [5.41, 5.74) is 6.04. The smallest absolute Gasteiger partial charge is 0.243 e. The largest absolute Gasteiger partial charge is 0.338 e. The third-order valence-corrected chi connectivity index (χ3v) is 3.56. The topological polar surface area (TPSA) is 64.9 Å². The first kappa shape index (κ1) is 12.6. The van der Waals surface area contributed by atoms with Crippen LogP contribution < -0.4 is 5.73 Å². The van der Waals surface area contributed by atoms with Crippen LogP contribution in [0.25, 0.3) is 0 Å². The Hall–Kier alpha value is -0.900. The molecule has 17 heavy (non-hydrogen) atoms. The summed E-state index contributed by atoms with van der Waals surface area (Å²) >= 11 is 0. The first-order chi connectivity index (χ1) is 8.06. The van der Waals surface area contributed by atoms with E-state index in [2.05, 4.69) is 30.9 Å². The van der Waals surface area contributed by atoms with Gasteiger partial charge in [-0.05, 0) is 37.5 Å². The van der Waals surface area contributed by atoms with Crippen LogP contribution in [0.4, 0.5) is 0 Å². The third kappa shape index (κ3) is 3.06. The minimum atomic E-state index is -0.116. The number of rotatable bonds is 4. The molecule has 4 heteroatoms. The van der Waals surface area contributed by atoms with Gasteiger partial charge in [0.15, 0.2) is 5.82 Å². The van der Waals surface area contributed by atoms with Crippen LogP contribution in [-0.4, -0.2) is 10.1 Å². The van der Waals surface area contributed by atoms with Crippen LogP contribution in [0.15, 0.2) is 4.52 Å². The monoisotopic (exact) mass is 237 g/mol. The second-order valence-electron chi connectivity index (χ2n) is 5.84. The van der Waals surface area contributed by atoms with E-state index >= 15 is 0 Å². The normalized spacial score (nSPS) is 26.6. The van der Waals surface area contributed by atoms with E-state index in [1.54, 1.807) is 0 Å². The lowest BCUT2D eigenvalue weighted by atomic mass is 10.0. The highest BCUT2D eigenvalue weighted by Crippen LogP contribution is 2.36. The molecule has 1 aliphatic rings. The Morgan fingerprint density at radius 1 is 1.41 bits per heavy atom. The molecule has 1 heterocycles. The zero-order valence-electron chi connectivity index (χ0n) is 11.0.